The number of piperidine rings is 1. The van der Waals surface area contributed by atoms with Crippen LogP contribution in [0.25, 0.3) is 0 Å². The summed E-state index contributed by atoms with van der Waals surface area (Å²) in [4.78, 5) is 5.80. The first kappa shape index (κ1) is 18.4. The van der Waals surface area contributed by atoms with Crippen molar-refractivity contribution in [1.29, 1.82) is 0 Å². The van der Waals surface area contributed by atoms with Crippen molar-refractivity contribution in [2.24, 2.45) is 0 Å². The highest BCUT2D eigenvalue weighted by Gasteiger charge is 2.38. The first-order chi connectivity index (χ1) is 13.0. The number of hydrogen-bond acceptors (Lipinski definition) is 3. The van der Waals surface area contributed by atoms with Crippen LogP contribution in [-0.4, -0.2) is 36.1 Å². The van der Waals surface area contributed by atoms with Crippen LogP contribution in [0.1, 0.15) is 35.2 Å². The van der Waals surface area contributed by atoms with Crippen LogP contribution in [0, 0.1) is 0 Å². The molecule has 3 heterocycles. The average Bonchev–Trinajstić information content (AvgIpc) is 2.68. The number of nitrogens with one attached hydrogen (secondary N) is 1. The van der Waals surface area contributed by atoms with Crippen molar-refractivity contribution in [1.82, 2.24) is 15.2 Å². The van der Waals surface area contributed by atoms with Crippen LogP contribution >= 0.6 is 0 Å². The molecular formula is C21H24F3N3. The zero-order chi connectivity index (χ0) is 18.9. The van der Waals surface area contributed by atoms with Gasteiger partial charge in [0, 0.05) is 37.9 Å². The predicted molar refractivity (Wildman–Crippen MR) is 98.4 cm³/mol. The number of alkyl halides is 3. The van der Waals surface area contributed by atoms with Gasteiger partial charge in [0.25, 0.3) is 0 Å². The van der Waals surface area contributed by atoms with E-state index < -0.39 is 11.9 Å². The molecule has 1 N–H and O–H groups in total. The fourth-order valence-corrected chi connectivity index (χ4v) is 4.41. The van der Waals surface area contributed by atoms with E-state index in [1.807, 2.05) is 0 Å². The van der Waals surface area contributed by atoms with Crippen LogP contribution in [0.5, 0.6) is 0 Å². The van der Waals surface area contributed by atoms with Gasteiger partial charge in [-0.1, -0.05) is 24.3 Å². The highest BCUT2D eigenvalue weighted by Crippen LogP contribution is 2.37. The highest BCUT2D eigenvalue weighted by molar-refractivity contribution is 5.37. The Kier molecular flexibility index (Phi) is 4.95. The van der Waals surface area contributed by atoms with Crippen molar-refractivity contribution in [3.05, 3.63) is 65.0 Å². The van der Waals surface area contributed by atoms with Gasteiger partial charge in [0.05, 0.1) is 0 Å². The van der Waals surface area contributed by atoms with Crippen LogP contribution in [-0.2, 0) is 24.6 Å². The second-order valence-corrected chi connectivity index (χ2v) is 7.55. The van der Waals surface area contributed by atoms with Crippen LogP contribution in [0.3, 0.4) is 0 Å². The van der Waals surface area contributed by atoms with Gasteiger partial charge in [-0.15, -0.1) is 0 Å². The van der Waals surface area contributed by atoms with E-state index >= 15 is 0 Å². The fraction of sp³-hybridized carbons (Fsp3) is 0.476. The van der Waals surface area contributed by atoms with Gasteiger partial charge in [0.2, 0.25) is 0 Å². The van der Waals surface area contributed by atoms with Crippen molar-refractivity contribution in [2.45, 2.75) is 37.4 Å². The number of aromatic nitrogens is 1. The third-order valence-electron chi connectivity index (χ3n) is 5.93. The lowest BCUT2D eigenvalue weighted by atomic mass is 9.76. The number of hydrogen-bond donors (Lipinski definition) is 1. The molecule has 2 aromatic rings. The van der Waals surface area contributed by atoms with Gasteiger partial charge in [-0.3, -0.25) is 4.98 Å². The monoisotopic (exact) mass is 375 g/mol. The topological polar surface area (TPSA) is 28.2 Å². The maximum absolute atomic E-state index is 12.8. The molecule has 1 aromatic heterocycles. The number of nitrogens with zero attached hydrogens (tertiary/aromatic N) is 2. The molecule has 0 bridgehead atoms. The second kappa shape index (κ2) is 7.24. The molecule has 2 aliphatic heterocycles. The van der Waals surface area contributed by atoms with E-state index in [2.05, 4.69) is 39.5 Å². The highest BCUT2D eigenvalue weighted by atomic mass is 19.4. The van der Waals surface area contributed by atoms with Crippen LogP contribution in [0.2, 0.25) is 0 Å². The van der Waals surface area contributed by atoms with E-state index in [4.69, 9.17) is 0 Å². The molecule has 0 atom stereocenters. The molecule has 0 unspecified atom stereocenters. The Hall–Kier alpha value is -1.92. The fourth-order valence-electron chi connectivity index (χ4n) is 4.41. The molecule has 27 heavy (non-hydrogen) atoms. The normalized spacial score (nSPS) is 19.8. The van der Waals surface area contributed by atoms with Crippen molar-refractivity contribution < 1.29 is 13.2 Å². The minimum absolute atomic E-state index is 0.0610. The number of rotatable bonds is 3. The third-order valence-corrected chi connectivity index (χ3v) is 5.93. The summed E-state index contributed by atoms with van der Waals surface area (Å²) in [6.45, 7) is 3.70. The maximum atomic E-state index is 12.8. The number of likely N-dealkylation sites (tertiary alicyclic amines) is 1. The molecule has 144 valence electrons. The average molecular weight is 375 g/mol. The third kappa shape index (κ3) is 3.87. The van der Waals surface area contributed by atoms with Crippen molar-refractivity contribution >= 4 is 0 Å². The molecule has 1 spiro atoms. The zero-order valence-corrected chi connectivity index (χ0v) is 15.2. The van der Waals surface area contributed by atoms with E-state index in [-0.39, 0.29) is 5.54 Å². The summed E-state index contributed by atoms with van der Waals surface area (Å²) in [5, 5.41) is 3.75. The summed E-state index contributed by atoms with van der Waals surface area (Å²) in [7, 11) is 0. The lowest BCUT2D eigenvalue weighted by molar-refractivity contribution is -0.141. The van der Waals surface area contributed by atoms with Crippen molar-refractivity contribution in [2.75, 3.05) is 26.2 Å². The summed E-state index contributed by atoms with van der Waals surface area (Å²) in [5.41, 5.74) is 2.83. The lowest BCUT2D eigenvalue weighted by Crippen LogP contribution is -2.54. The van der Waals surface area contributed by atoms with Crippen LogP contribution in [0.15, 0.2) is 42.6 Å². The number of fused-ring (bicyclic) bond motifs is 2. The van der Waals surface area contributed by atoms with Gasteiger partial charge in [-0.25, -0.2) is 0 Å². The van der Waals surface area contributed by atoms with Gasteiger partial charge in [0.1, 0.15) is 5.69 Å². The molecule has 6 heteroatoms. The maximum Gasteiger partial charge on any atom is 0.433 e. The van der Waals surface area contributed by atoms with E-state index in [9.17, 15) is 13.2 Å². The molecular weight excluding hydrogens is 351 g/mol. The van der Waals surface area contributed by atoms with Crippen molar-refractivity contribution in [3.63, 3.8) is 0 Å². The summed E-state index contributed by atoms with van der Waals surface area (Å²) in [6.07, 6.45) is 0.635. The van der Waals surface area contributed by atoms with E-state index in [1.54, 1.807) is 6.07 Å². The molecule has 1 aromatic carbocycles. The molecule has 3 nitrogen and oxygen atoms in total. The molecule has 1 saturated heterocycles. The van der Waals surface area contributed by atoms with Gasteiger partial charge in [0.15, 0.2) is 0 Å². The zero-order valence-electron chi connectivity index (χ0n) is 15.2. The number of pyridine rings is 1. The largest absolute Gasteiger partial charge is 0.433 e. The van der Waals surface area contributed by atoms with Gasteiger partial charge in [-0.2, -0.15) is 13.2 Å². The standard InChI is InChI=1S/C21H24F3N3/c22-21(23,24)19-15-16(5-10-25-19)7-12-27-13-8-20(9-14-27)18-4-2-1-3-17(18)6-11-26-20/h1-5,10,15,26H,6-9,11-14H2. The Balaban J connectivity index is 1.37. The van der Waals surface area contributed by atoms with E-state index in [0.29, 0.717) is 12.0 Å². The Morgan fingerprint density at radius 3 is 2.67 bits per heavy atom. The molecule has 0 saturated carbocycles. The molecule has 4 rings (SSSR count). The smallest absolute Gasteiger partial charge is 0.307 e. The summed E-state index contributed by atoms with van der Waals surface area (Å²) >= 11 is 0. The van der Waals surface area contributed by atoms with Crippen LogP contribution in [0.4, 0.5) is 13.2 Å². The lowest BCUT2D eigenvalue weighted by Gasteiger charge is -2.46. The molecule has 0 aliphatic carbocycles. The van der Waals surface area contributed by atoms with E-state index in [1.165, 1.54) is 23.4 Å². The first-order valence-corrected chi connectivity index (χ1v) is 9.54. The Bertz CT molecular complexity index is 795. The first-order valence-electron chi connectivity index (χ1n) is 9.54. The van der Waals surface area contributed by atoms with E-state index in [0.717, 1.165) is 45.4 Å². The molecule has 1 fully saturated rings. The number of halogens is 3. The number of benzene rings is 1. The Morgan fingerprint density at radius 2 is 1.89 bits per heavy atom. The molecule has 2 aliphatic rings. The quantitative estimate of drug-likeness (QED) is 0.885. The second-order valence-electron chi connectivity index (χ2n) is 7.55. The Morgan fingerprint density at radius 1 is 1.11 bits per heavy atom. The van der Waals surface area contributed by atoms with Crippen LogP contribution < -0.4 is 5.32 Å². The summed E-state index contributed by atoms with van der Waals surface area (Å²) < 4.78 is 38.4. The minimum Gasteiger partial charge on any atom is -0.307 e. The van der Waals surface area contributed by atoms with Crippen molar-refractivity contribution in [3.8, 4) is 0 Å². The Labute approximate surface area is 157 Å². The van der Waals surface area contributed by atoms with Gasteiger partial charge >= 0.3 is 6.18 Å². The van der Waals surface area contributed by atoms with Gasteiger partial charge < -0.3 is 10.2 Å². The SMILES string of the molecule is FC(F)(F)c1cc(CCN2CCC3(CC2)NCCc2ccccc23)ccn1. The summed E-state index contributed by atoms with van der Waals surface area (Å²) in [5.74, 6) is 0. The molecule has 0 radical (unpaired) electrons. The summed E-state index contributed by atoms with van der Waals surface area (Å²) in [6, 6.07) is 11.5. The predicted octanol–water partition coefficient (Wildman–Crippen LogP) is 3.78. The molecule has 0 amide bonds. The minimum atomic E-state index is -4.38. The van der Waals surface area contributed by atoms with Gasteiger partial charge in [-0.05, 0) is 54.5 Å².